The maximum Gasteiger partial charge on any atom is 0.136 e. The summed E-state index contributed by atoms with van der Waals surface area (Å²) in [4.78, 5) is 12.7. The largest absolute Gasteiger partial charge is 0.299 e. The summed E-state index contributed by atoms with van der Waals surface area (Å²) < 4.78 is 0. The number of allylic oxidation sites excluding steroid dienone is 2. The fraction of sp³-hybridized carbons (Fsp3) is 0.870. The van der Waals surface area contributed by atoms with E-state index in [1.54, 1.807) is 5.57 Å². The number of hydrogen-bond donors (Lipinski definition) is 0. The first-order valence-electron chi connectivity index (χ1n) is 10.7. The SMILES string of the molecule is CC.CC1=CCC2C3CCC4C(=O)CCCCC4(C)C3CCC12C. The summed E-state index contributed by atoms with van der Waals surface area (Å²) in [6.45, 7) is 11.4. The van der Waals surface area contributed by atoms with E-state index < -0.39 is 0 Å². The van der Waals surface area contributed by atoms with Crippen molar-refractivity contribution in [3.05, 3.63) is 11.6 Å². The quantitative estimate of drug-likeness (QED) is 0.459. The third-order valence-corrected chi connectivity index (χ3v) is 8.61. The number of ketones is 1. The summed E-state index contributed by atoms with van der Waals surface area (Å²) in [6, 6.07) is 0. The van der Waals surface area contributed by atoms with Gasteiger partial charge in [0.25, 0.3) is 0 Å². The Kier molecular flexibility index (Phi) is 5.02. The molecule has 3 fully saturated rings. The van der Waals surface area contributed by atoms with Crippen molar-refractivity contribution in [3.63, 3.8) is 0 Å². The molecule has 0 aromatic rings. The van der Waals surface area contributed by atoms with Crippen molar-refractivity contribution in [1.29, 1.82) is 0 Å². The van der Waals surface area contributed by atoms with E-state index in [1.165, 1.54) is 44.9 Å². The summed E-state index contributed by atoms with van der Waals surface area (Å²) in [5, 5.41) is 0. The van der Waals surface area contributed by atoms with Crippen LogP contribution in [0.2, 0.25) is 0 Å². The molecule has 4 aliphatic rings. The molecule has 6 unspecified atom stereocenters. The Morgan fingerprint density at radius 2 is 1.75 bits per heavy atom. The van der Waals surface area contributed by atoms with Gasteiger partial charge in [-0.25, -0.2) is 0 Å². The minimum Gasteiger partial charge on any atom is -0.299 e. The van der Waals surface area contributed by atoms with Crippen LogP contribution in [0.15, 0.2) is 11.6 Å². The maximum atomic E-state index is 12.7. The number of carbonyl (C=O) groups excluding carboxylic acids is 1. The van der Waals surface area contributed by atoms with E-state index >= 15 is 0 Å². The van der Waals surface area contributed by atoms with Crippen molar-refractivity contribution in [3.8, 4) is 0 Å². The van der Waals surface area contributed by atoms with E-state index in [0.29, 0.717) is 22.5 Å². The van der Waals surface area contributed by atoms with Gasteiger partial charge >= 0.3 is 0 Å². The fourth-order valence-electron chi connectivity index (χ4n) is 7.11. The average Bonchev–Trinajstić information content (AvgIpc) is 2.79. The van der Waals surface area contributed by atoms with Gasteiger partial charge in [0.05, 0.1) is 0 Å². The van der Waals surface area contributed by atoms with Gasteiger partial charge in [-0.05, 0) is 80.5 Å². The van der Waals surface area contributed by atoms with Gasteiger partial charge in [-0.15, -0.1) is 0 Å². The van der Waals surface area contributed by atoms with Crippen LogP contribution >= 0.6 is 0 Å². The van der Waals surface area contributed by atoms with Crippen molar-refractivity contribution in [2.75, 3.05) is 0 Å². The summed E-state index contributed by atoms with van der Waals surface area (Å²) >= 11 is 0. The van der Waals surface area contributed by atoms with Gasteiger partial charge in [0.1, 0.15) is 5.78 Å². The van der Waals surface area contributed by atoms with Crippen LogP contribution < -0.4 is 0 Å². The van der Waals surface area contributed by atoms with Gasteiger partial charge < -0.3 is 0 Å². The van der Waals surface area contributed by atoms with Crippen molar-refractivity contribution in [2.45, 2.75) is 92.4 Å². The summed E-state index contributed by atoms with van der Waals surface area (Å²) in [5.74, 6) is 3.54. The lowest BCUT2D eigenvalue weighted by Crippen LogP contribution is -2.52. The zero-order valence-corrected chi connectivity index (χ0v) is 16.7. The Morgan fingerprint density at radius 3 is 2.50 bits per heavy atom. The molecule has 3 saturated carbocycles. The normalized spacial score (nSPS) is 47.4. The maximum absolute atomic E-state index is 12.7. The third kappa shape index (κ3) is 2.53. The van der Waals surface area contributed by atoms with Crippen LogP contribution in [0.3, 0.4) is 0 Å². The van der Waals surface area contributed by atoms with Gasteiger partial charge in [-0.2, -0.15) is 0 Å². The minimum absolute atomic E-state index is 0.314. The molecular formula is C23H38O. The zero-order chi connectivity index (χ0) is 17.5. The number of Topliss-reactive ketones (excluding diaryl/α,β-unsaturated/α-hetero) is 1. The standard InChI is InChI=1S/C21H32O.C2H6/c1-14-7-9-16-15-8-10-18-19(22)6-4-5-12-21(18,3)17(15)11-13-20(14,16)2;1-2/h7,15-18H,4-6,8-13H2,1-3H3;1-2H3. The van der Waals surface area contributed by atoms with E-state index in [0.717, 1.165) is 30.6 Å². The predicted octanol–water partition coefficient (Wildman–Crippen LogP) is 6.57. The Bertz CT molecular complexity index is 518. The first-order valence-corrected chi connectivity index (χ1v) is 10.7. The summed E-state index contributed by atoms with van der Waals surface area (Å²) in [5.41, 5.74) is 2.44. The molecule has 0 amide bonds. The molecule has 0 spiro atoms. The lowest BCUT2D eigenvalue weighted by atomic mass is 9.46. The second kappa shape index (κ2) is 6.61. The molecule has 1 heteroatoms. The molecule has 1 nitrogen and oxygen atoms in total. The first kappa shape index (κ1) is 18.2. The molecule has 0 N–H and O–H groups in total. The Labute approximate surface area is 149 Å². The molecule has 0 saturated heterocycles. The molecular weight excluding hydrogens is 292 g/mol. The molecule has 136 valence electrons. The van der Waals surface area contributed by atoms with E-state index in [1.807, 2.05) is 13.8 Å². The van der Waals surface area contributed by atoms with Crippen LogP contribution in [-0.2, 0) is 4.79 Å². The lowest BCUT2D eigenvalue weighted by Gasteiger charge is -2.58. The highest BCUT2D eigenvalue weighted by Gasteiger charge is 2.58. The Morgan fingerprint density at radius 1 is 1.00 bits per heavy atom. The van der Waals surface area contributed by atoms with Crippen molar-refractivity contribution in [1.82, 2.24) is 0 Å². The van der Waals surface area contributed by atoms with Gasteiger partial charge in [0, 0.05) is 12.3 Å². The zero-order valence-electron chi connectivity index (χ0n) is 16.7. The lowest BCUT2D eigenvalue weighted by molar-refractivity contribution is -0.138. The minimum atomic E-state index is 0.314. The summed E-state index contributed by atoms with van der Waals surface area (Å²) in [6.07, 6.45) is 13.6. The molecule has 24 heavy (non-hydrogen) atoms. The van der Waals surface area contributed by atoms with Crippen molar-refractivity contribution >= 4 is 5.78 Å². The highest BCUT2D eigenvalue weighted by atomic mass is 16.1. The molecule has 0 bridgehead atoms. The van der Waals surface area contributed by atoms with Crippen LogP contribution in [-0.4, -0.2) is 5.78 Å². The second-order valence-electron chi connectivity index (χ2n) is 9.26. The molecule has 0 aromatic carbocycles. The van der Waals surface area contributed by atoms with Crippen LogP contribution in [0, 0.1) is 34.5 Å². The van der Waals surface area contributed by atoms with Gasteiger partial charge in [-0.3, -0.25) is 4.79 Å². The molecule has 6 atom stereocenters. The monoisotopic (exact) mass is 330 g/mol. The van der Waals surface area contributed by atoms with Crippen LogP contribution in [0.5, 0.6) is 0 Å². The van der Waals surface area contributed by atoms with Gasteiger partial charge in [-0.1, -0.05) is 45.8 Å². The molecule has 0 heterocycles. The highest BCUT2D eigenvalue weighted by Crippen LogP contribution is 2.65. The third-order valence-electron chi connectivity index (χ3n) is 8.61. The van der Waals surface area contributed by atoms with Gasteiger partial charge in [0.15, 0.2) is 0 Å². The molecule has 0 aliphatic heterocycles. The first-order chi connectivity index (χ1) is 11.5. The number of hydrogen-bond acceptors (Lipinski definition) is 1. The van der Waals surface area contributed by atoms with Crippen molar-refractivity contribution in [2.24, 2.45) is 34.5 Å². The molecule has 4 aliphatic carbocycles. The predicted molar refractivity (Wildman–Crippen MR) is 102 cm³/mol. The fourth-order valence-corrected chi connectivity index (χ4v) is 7.11. The van der Waals surface area contributed by atoms with Crippen LogP contribution in [0.25, 0.3) is 0 Å². The number of carbonyl (C=O) groups is 1. The number of rotatable bonds is 0. The number of fused-ring (bicyclic) bond motifs is 5. The topological polar surface area (TPSA) is 17.1 Å². The van der Waals surface area contributed by atoms with E-state index in [2.05, 4.69) is 26.8 Å². The second-order valence-corrected chi connectivity index (χ2v) is 9.26. The van der Waals surface area contributed by atoms with Crippen LogP contribution in [0.1, 0.15) is 92.4 Å². The average molecular weight is 331 g/mol. The highest BCUT2D eigenvalue weighted by molar-refractivity contribution is 5.82. The Hall–Kier alpha value is -0.590. The Balaban J connectivity index is 0.000000815. The smallest absolute Gasteiger partial charge is 0.136 e. The molecule has 4 rings (SSSR count). The van der Waals surface area contributed by atoms with Gasteiger partial charge in [0.2, 0.25) is 0 Å². The van der Waals surface area contributed by atoms with Crippen molar-refractivity contribution < 1.29 is 4.79 Å². The molecule has 0 radical (unpaired) electrons. The molecule has 0 aromatic heterocycles. The van der Waals surface area contributed by atoms with Crippen LogP contribution in [0.4, 0.5) is 0 Å². The summed E-state index contributed by atoms with van der Waals surface area (Å²) in [7, 11) is 0. The van der Waals surface area contributed by atoms with E-state index in [-0.39, 0.29) is 0 Å². The van der Waals surface area contributed by atoms with E-state index in [4.69, 9.17) is 0 Å². The van der Waals surface area contributed by atoms with E-state index in [9.17, 15) is 4.79 Å².